The van der Waals surface area contributed by atoms with Crippen LogP contribution >= 0.6 is 0 Å². The lowest BCUT2D eigenvalue weighted by Crippen LogP contribution is -2.36. The second kappa shape index (κ2) is 10.4. The first-order chi connectivity index (χ1) is 14.1. The highest BCUT2D eigenvalue weighted by atomic mass is 32.2. The standard InChI is InChI=1S/C22H29N3O4S/c1-22(2,3)18-9-11-19(12-10-18)30(28,29)25-14-13-20(26)23-15-16-24-21(27)17-7-5-4-6-8-17/h4-12,25H,13-16H2,1-3H3,(H,23,26)(H,24,27). The third-order valence-electron chi connectivity index (χ3n) is 4.44. The molecular weight excluding hydrogens is 402 g/mol. The maximum Gasteiger partial charge on any atom is 0.251 e. The summed E-state index contributed by atoms with van der Waals surface area (Å²) in [5.41, 5.74) is 1.53. The lowest BCUT2D eigenvalue weighted by atomic mass is 9.87. The van der Waals surface area contributed by atoms with Gasteiger partial charge in [0.25, 0.3) is 5.91 Å². The van der Waals surface area contributed by atoms with Gasteiger partial charge in [-0.2, -0.15) is 0 Å². The van der Waals surface area contributed by atoms with Crippen LogP contribution < -0.4 is 15.4 Å². The van der Waals surface area contributed by atoms with Crippen molar-refractivity contribution < 1.29 is 18.0 Å². The van der Waals surface area contributed by atoms with E-state index in [-0.39, 0.29) is 48.2 Å². The molecule has 0 saturated heterocycles. The number of carbonyl (C=O) groups is 2. The third-order valence-corrected chi connectivity index (χ3v) is 5.92. The fraction of sp³-hybridized carbons (Fsp3) is 0.364. The Bertz CT molecular complexity index is 950. The highest BCUT2D eigenvalue weighted by Crippen LogP contribution is 2.23. The van der Waals surface area contributed by atoms with Crippen LogP contribution in [0.4, 0.5) is 0 Å². The zero-order valence-electron chi connectivity index (χ0n) is 17.6. The molecule has 7 nitrogen and oxygen atoms in total. The van der Waals surface area contributed by atoms with Crippen LogP contribution in [-0.2, 0) is 20.2 Å². The van der Waals surface area contributed by atoms with Crippen molar-refractivity contribution in [2.75, 3.05) is 19.6 Å². The number of hydrogen-bond acceptors (Lipinski definition) is 4. The first-order valence-corrected chi connectivity index (χ1v) is 11.3. The smallest absolute Gasteiger partial charge is 0.251 e. The fourth-order valence-corrected chi connectivity index (χ4v) is 3.71. The van der Waals surface area contributed by atoms with Gasteiger partial charge < -0.3 is 10.6 Å². The molecule has 8 heteroatoms. The zero-order valence-corrected chi connectivity index (χ0v) is 18.4. The molecule has 0 aliphatic heterocycles. The van der Waals surface area contributed by atoms with Crippen molar-refractivity contribution in [1.29, 1.82) is 0 Å². The first kappa shape index (κ1) is 23.6. The highest BCUT2D eigenvalue weighted by Gasteiger charge is 2.17. The topological polar surface area (TPSA) is 104 Å². The van der Waals surface area contributed by atoms with E-state index < -0.39 is 10.0 Å². The van der Waals surface area contributed by atoms with Crippen LogP contribution in [0.5, 0.6) is 0 Å². The Labute approximate surface area is 178 Å². The molecule has 2 aromatic carbocycles. The van der Waals surface area contributed by atoms with Crippen molar-refractivity contribution in [3.63, 3.8) is 0 Å². The first-order valence-electron chi connectivity index (χ1n) is 9.80. The summed E-state index contributed by atoms with van der Waals surface area (Å²) < 4.78 is 27.1. The van der Waals surface area contributed by atoms with Crippen molar-refractivity contribution in [3.8, 4) is 0 Å². The summed E-state index contributed by atoms with van der Waals surface area (Å²) in [4.78, 5) is 23.9. The minimum Gasteiger partial charge on any atom is -0.354 e. The Morgan fingerprint density at radius 2 is 1.43 bits per heavy atom. The van der Waals surface area contributed by atoms with Crippen LogP contribution in [0.25, 0.3) is 0 Å². The molecule has 0 aliphatic carbocycles. The number of amides is 2. The SMILES string of the molecule is CC(C)(C)c1ccc(S(=O)(=O)NCCC(=O)NCCNC(=O)c2ccccc2)cc1. The van der Waals surface area contributed by atoms with Crippen molar-refractivity contribution in [2.45, 2.75) is 37.5 Å². The zero-order chi connectivity index (χ0) is 22.2. The molecule has 2 amide bonds. The molecule has 0 atom stereocenters. The second-order valence-corrected chi connectivity index (χ2v) is 9.66. The monoisotopic (exact) mass is 431 g/mol. The van der Waals surface area contributed by atoms with Gasteiger partial charge in [0, 0.05) is 31.6 Å². The summed E-state index contributed by atoms with van der Waals surface area (Å²) in [5, 5.41) is 5.36. The molecule has 0 spiro atoms. The summed E-state index contributed by atoms with van der Waals surface area (Å²) in [7, 11) is -3.67. The van der Waals surface area contributed by atoms with E-state index in [0.29, 0.717) is 5.56 Å². The fourth-order valence-electron chi connectivity index (χ4n) is 2.67. The quantitative estimate of drug-likeness (QED) is 0.530. The van der Waals surface area contributed by atoms with Gasteiger partial charge in [0.05, 0.1) is 4.90 Å². The van der Waals surface area contributed by atoms with E-state index in [1.165, 1.54) is 0 Å². The summed E-state index contributed by atoms with van der Waals surface area (Å²) in [6.07, 6.45) is 0.00589. The molecule has 0 aromatic heterocycles. The lowest BCUT2D eigenvalue weighted by Gasteiger charge is -2.19. The molecule has 3 N–H and O–H groups in total. The van der Waals surface area contributed by atoms with Gasteiger partial charge in [0.15, 0.2) is 0 Å². The molecule has 2 aromatic rings. The molecule has 30 heavy (non-hydrogen) atoms. The average Bonchev–Trinajstić information content (AvgIpc) is 2.71. The van der Waals surface area contributed by atoms with Crippen molar-refractivity contribution in [2.24, 2.45) is 0 Å². The molecule has 0 fully saturated rings. The van der Waals surface area contributed by atoms with E-state index >= 15 is 0 Å². The highest BCUT2D eigenvalue weighted by molar-refractivity contribution is 7.89. The van der Waals surface area contributed by atoms with Crippen molar-refractivity contribution in [3.05, 3.63) is 65.7 Å². The van der Waals surface area contributed by atoms with E-state index in [1.807, 2.05) is 6.07 Å². The van der Waals surface area contributed by atoms with Gasteiger partial charge in [-0.1, -0.05) is 51.1 Å². The van der Waals surface area contributed by atoms with E-state index in [4.69, 9.17) is 0 Å². The molecule has 0 bridgehead atoms. The molecule has 162 valence electrons. The van der Waals surface area contributed by atoms with Crippen LogP contribution in [-0.4, -0.2) is 39.9 Å². The average molecular weight is 432 g/mol. The largest absolute Gasteiger partial charge is 0.354 e. The van der Waals surface area contributed by atoms with Crippen molar-refractivity contribution in [1.82, 2.24) is 15.4 Å². The van der Waals surface area contributed by atoms with Gasteiger partial charge in [0.2, 0.25) is 15.9 Å². The number of benzene rings is 2. The predicted octanol–water partition coefficient (Wildman–Crippen LogP) is 2.20. The second-order valence-electron chi connectivity index (χ2n) is 7.89. The van der Waals surface area contributed by atoms with Crippen LogP contribution in [0.15, 0.2) is 59.5 Å². The van der Waals surface area contributed by atoms with Gasteiger partial charge >= 0.3 is 0 Å². The number of carbonyl (C=O) groups excluding carboxylic acids is 2. The molecule has 0 aliphatic rings. The summed E-state index contributed by atoms with van der Waals surface area (Å²) in [5.74, 6) is -0.509. The Kier molecular flexibility index (Phi) is 8.14. The van der Waals surface area contributed by atoms with Gasteiger partial charge in [0.1, 0.15) is 0 Å². The minimum absolute atomic E-state index is 0.00589. The van der Waals surface area contributed by atoms with Crippen LogP contribution in [0, 0.1) is 0 Å². The van der Waals surface area contributed by atoms with Gasteiger partial charge in [-0.3, -0.25) is 9.59 Å². The van der Waals surface area contributed by atoms with Crippen molar-refractivity contribution >= 4 is 21.8 Å². The summed E-state index contributed by atoms with van der Waals surface area (Å²) in [6, 6.07) is 15.5. The number of hydrogen-bond donors (Lipinski definition) is 3. The predicted molar refractivity (Wildman–Crippen MR) is 117 cm³/mol. The van der Waals surface area contributed by atoms with E-state index in [0.717, 1.165) is 5.56 Å². The summed E-state index contributed by atoms with van der Waals surface area (Å²) in [6.45, 7) is 6.71. The Hall–Kier alpha value is -2.71. The molecular formula is C22H29N3O4S. The summed E-state index contributed by atoms with van der Waals surface area (Å²) >= 11 is 0. The maximum absolute atomic E-state index is 12.4. The van der Waals surface area contributed by atoms with E-state index in [2.05, 4.69) is 36.1 Å². The van der Waals surface area contributed by atoms with Gasteiger partial charge in [-0.25, -0.2) is 13.1 Å². The minimum atomic E-state index is -3.67. The van der Waals surface area contributed by atoms with E-state index in [9.17, 15) is 18.0 Å². The Morgan fingerprint density at radius 3 is 2.03 bits per heavy atom. The van der Waals surface area contributed by atoms with Crippen LogP contribution in [0.1, 0.15) is 43.1 Å². The molecule has 0 radical (unpaired) electrons. The molecule has 2 rings (SSSR count). The van der Waals surface area contributed by atoms with E-state index in [1.54, 1.807) is 48.5 Å². The normalized spacial score (nSPS) is 11.7. The number of sulfonamides is 1. The Balaban J connectivity index is 1.70. The maximum atomic E-state index is 12.4. The third kappa shape index (κ3) is 7.27. The molecule has 0 unspecified atom stereocenters. The van der Waals surface area contributed by atoms with Crippen LogP contribution in [0.2, 0.25) is 0 Å². The molecule has 0 saturated carbocycles. The Morgan fingerprint density at radius 1 is 0.833 bits per heavy atom. The number of rotatable bonds is 9. The van der Waals surface area contributed by atoms with Gasteiger partial charge in [-0.05, 0) is 35.2 Å². The lowest BCUT2D eigenvalue weighted by molar-refractivity contribution is -0.120. The van der Waals surface area contributed by atoms with Crippen LogP contribution in [0.3, 0.4) is 0 Å². The molecule has 0 heterocycles. The van der Waals surface area contributed by atoms with Gasteiger partial charge in [-0.15, -0.1) is 0 Å². The number of nitrogens with one attached hydrogen (secondary N) is 3.